The molecule has 2 heterocycles. The van der Waals surface area contributed by atoms with E-state index in [1.54, 1.807) is 0 Å². The molecule has 0 aromatic heterocycles. The van der Waals surface area contributed by atoms with Crippen LogP contribution in [-0.4, -0.2) is 142 Å². The highest BCUT2D eigenvalue weighted by Crippen LogP contribution is 2.26. The van der Waals surface area contributed by atoms with Gasteiger partial charge in [0.2, 0.25) is 0 Å². The van der Waals surface area contributed by atoms with Crippen molar-refractivity contribution in [1.29, 1.82) is 0 Å². The fraction of sp³-hybridized carbons (Fsp3) is 0.978. The van der Waals surface area contributed by atoms with Crippen LogP contribution in [0.5, 0.6) is 0 Å². The second-order valence-electron chi connectivity index (χ2n) is 17.3. The number of aliphatic hydroxyl groups excluding tert-OH is 7. The zero-order valence-electron chi connectivity index (χ0n) is 37.5. The Hall–Kier alpha value is -1.01. The molecule has 0 radical (unpaired) electrons. The van der Waals surface area contributed by atoms with Crippen molar-refractivity contribution in [2.24, 2.45) is 0 Å². The second kappa shape index (κ2) is 35.4. The normalized spacial score (nSPS) is 27.6. The molecule has 7 N–H and O–H groups in total. The first kappa shape index (κ1) is 55.1. The van der Waals surface area contributed by atoms with Gasteiger partial charge in [-0.1, -0.05) is 168 Å². The predicted octanol–water partition coefficient (Wildman–Crippen LogP) is 6.13. The summed E-state index contributed by atoms with van der Waals surface area (Å²) in [4.78, 5) is 12.9. The molecular formula is C46H88O14. The van der Waals surface area contributed by atoms with Crippen molar-refractivity contribution in [3.8, 4) is 0 Å². The SMILES string of the molecule is CCCCCCCCCCCCCCCCCC(=O)OC(COCCCCCCCCCCCCC)COC1OC(COC2OC(CO)C(O)C(O)C2O)C(O)C(O)C1O. The van der Waals surface area contributed by atoms with Gasteiger partial charge in [0, 0.05) is 13.0 Å². The molecule has 14 nitrogen and oxygen atoms in total. The van der Waals surface area contributed by atoms with Crippen LogP contribution in [0.4, 0.5) is 0 Å². The lowest BCUT2D eigenvalue weighted by atomic mass is 9.98. The standard InChI is InChI=1S/C46H88O14/c1-3-5-7-9-11-13-15-16-17-18-19-21-23-25-27-29-38(48)58-35(32-55-30-28-26-24-22-20-14-12-10-8-6-4-2)33-56-45-44(54)42(52)40(50)37(60-45)34-57-46-43(53)41(51)39(49)36(31-47)59-46/h35-37,39-47,49-54H,3-34H2,1-2H3. The van der Waals surface area contributed by atoms with E-state index in [1.165, 1.54) is 122 Å². The molecule has 2 fully saturated rings. The molecule has 2 rings (SSSR count). The average molecular weight is 865 g/mol. The Morgan fingerprint density at radius 2 is 0.883 bits per heavy atom. The highest BCUT2D eigenvalue weighted by molar-refractivity contribution is 5.69. The van der Waals surface area contributed by atoms with Crippen molar-refractivity contribution >= 4 is 5.97 Å². The molecule has 0 bridgehead atoms. The van der Waals surface area contributed by atoms with Gasteiger partial charge in [-0.3, -0.25) is 4.79 Å². The lowest BCUT2D eigenvalue weighted by Gasteiger charge is -2.42. The van der Waals surface area contributed by atoms with Gasteiger partial charge in [0.25, 0.3) is 0 Å². The predicted molar refractivity (Wildman–Crippen MR) is 229 cm³/mol. The molecular weight excluding hydrogens is 776 g/mol. The molecule has 2 aliphatic heterocycles. The van der Waals surface area contributed by atoms with Crippen LogP contribution in [0.25, 0.3) is 0 Å². The third-order valence-electron chi connectivity index (χ3n) is 11.9. The molecule has 0 aromatic carbocycles. The van der Waals surface area contributed by atoms with E-state index in [-0.39, 0.29) is 25.6 Å². The Kier molecular flexibility index (Phi) is 32.5. The molecule has 0 aromatic rings. The van der Waals surface area contributed by atoms with E-state index in [0.29, 0.717) is 13.0 Å². The van der Waals surface area contributed by atoms with Gasteiger partial charge in [0.05, 0.1) is 26.4 Å². The van der Waals surface area contributed by atoms with E-state index < -0.39 is 80.7 Å². The maximum atomic E-state index is 12.9. The molecule has 2 aliphatic rings. The smallest absolute Gasteiger partial charge is 0.306 e. The molecule has 0 saturated carbocycles. The average Bonchev–Trinajstić information content (AvgIpc) is 3.24. The Morgan fingerprint density at radius 3 is 1.35 bits per heavy atom. The molecule has 2 saturated heterocycles. The van der Waals surface area contributed by atoms with E-state index in [2.05, 4.69) is 13.8 Å². The van der Waals surface area contributed by atoms with Crippen molar-refractivity contribution < 1.29 is 69.0 Å². The monoisotopic (exact) mass is 865 g/mol. The van der Waals surface area contributed by atoms with Crippen molar-refractivity contribution in [3.63, 3.8) is 0 Å². The van der Waals surface area contributed by atoms with Gasteiger partial charge in [-0.15, -0.1) is 0 Å². The number of aliphatic hydroxyl groups is 7. The van der Waals surface area contributed by atoms with Crippen LogP contribution in [-0.2, 0) is 33.2 Å². The number of carbonyl (C=O) groups excluding carboxylic acids is 1. The maximum Gasteiger partial charge on any atom is 0.306 e. The van der Waals surface area contributed by atoms with Gasteiger partial charge in [0.1, 0.15) is 54.9 Å². The largest absolute Gasteiger partial charge is 0.457 e. The third-order valence-corrected chi connectivity index (χ3v) is 11.9. The lowest BCUT2D eigenvalue weighted by molar-refractivity contribution is -0.332. The van der Waals surface area contributed by atoms with Gasteiger partial charge >= 0.3 is 5.97 Å². The third kappa shape index (κ3) is 23.6. The molecule has 0 aliphatic carbocycles. The van der Waals surface area contributed by atoms with Crippen LogP contribution in [0.3, 0.4) is 0 Å². The number of unbranched alkanes of at least 4 members (excludes halogenated alkanes) is 24. The Balaban J connectivity index is 1.79. The molecule has 0 spiro atoms. The summed E-state index contributed by atoms with van der Waals surface area (Å²) < 4.78 is 34.2. The van der Waals surface area contributed by atoms with Crippen LogP contribution in [0, 0.1) is 0 Å². The summed E-state index contributed by atoms with van der Waals surface area (Å²) in [6, 6.07) is 0. The topological polar surface area (TPSA) is 214 Å². The summed E-state index contributed by atoms with van der Waals surface area (Å²) in [6.07, 6.45) is 15.9. The van der Waals surface area contributed by atoms with Gasteiger partial charge < -0.3 is 64.2 Å². The van der Waals surface area contributed by atoms with Crippen molar-refractivity contribution in [3.05, 3.63) is 0 Å². The Bertz CT molecular complexity index is 1010. The number of carbonyl (C=O) groups is 1. The summed E-state index contributed by atoms with van der Waals surface area (Å²) >= 11 is 0. The zero-order valence-corrected chi connectivity index (χ0v) is 37.5. The van der Waals surface area contributed by atoms with Crippen LogP contribution in [0.15, 0.2) is 0 Å². The summed E-state index contributed by atoms with van der Waals surface area (Å²) in [5.41, 5.74) is 0. The minimum atomic E-state index is -1.70. The number of ether oxygens (including phenoxy) is 6. The quantitative estimate of drug-likeness (QED) is 0.0275. The molecule has 356 valence electrons. The second-order valence-corrected chi connectivity index (χ2v) is 17.3. The highest BCUT2D eigenvalue weighted by atomic mass is 16.7. The Labute approximate surface area is 362 Å². The van der Waals surface area contributed by atoms with Gasteiger partial charge in [-0.05, 0) is 12.8 Å². The number of esters is 1. The van der Waals surface area contributed by atoms with Crippen LogP contribution in [0.1, 0.15) is 187 Å². The first-order valence-electron chi connectivity index (χ1n) is 24.1. The number of hydrogen-bond acceptors (Lipinski definition) is 14. The Morgan fingerprint density at radius 1 is 0.483 bits per heavy atom. The zero-order chi connectivity index (χ0) is 43.8. The fourth-order valence-corrected chi connectivity index (χ4v) is 7.87. The number of hydrogen-bond donors (Lipinski definition) is 7. The van der Waals surface area contributed by atoms with Gasteiger partial charge in [0.15, 0.2) is 12.6 Å². The number of rotatable bonds is 38. The molecule has 11 unspecified atom stereocenters. The first-order chi connectivity index (χ1) is 29.1. The van der Waals surface area contributed by atoms with Gasteiger partial charge in [-0.2, -0.15) is 0 Å². The molecule has 0 amide bonds. The summed E-state index contributed by atoms with van der Waals surface area (Å²) in [5, 5.41) is 71.9. The van der Waals surface area contributed by atoms with Gasteiger partial charge in [-0.25, -0.2) is 0 Å². The maximum absolute atomic E-state index is 12.9. The minimum Gasteiger partial charge on any atom is -0.457 e. The fourth-order valence-electron chi connectivity index (χ4n) is 7.87. The van der Waals surface area contributed by atoms with E-state index in [0.717, 1.165) is 38.5 Å². The van der Waals surface area contributed by atoms with Crippen LogP contribution in [0.2, 0.25) is 0 Å². The van der Waals surface area contributed by atoms with E-state index >= 15 is 0 Å². The van der Waals surface area contributed by atoms with Crippen LogP contribution >= 0.6 is 0 Å². The summed E-state index contributed by atoms with van der Waals surface area (Å²) in [5.74, 6) is -0.372. The molecule has 14 heteroatoms. The molecule has 60 heavy (non-hydrogen) atoms. The first-order valence-corrected chi connectivity index (χ1v) is 24.1. The van der Waals surface area contributed by atoms with Crippen molar-refractivity contribution in [1.82, 2.24) is 0 Å². The minimum absolute atomic E-state index is 0.0694. The van der Waals surface area contributed by atoms with Crippen molar-refractivity contribution in [2.75, 3.05) is 33.0 Å². The van der Waals surface area contributed by atoms with E-state index in [9.17, 15) is 40.5 Å². The van der Waals surface area contributed by atoms with E-state index in [4.69, 9.17) is 28.4 Å². The van der Waals surface area contributed by atoms with Crippen LogP contribution < -0.4 is 0 Å². The van der Waals surface area contributed by atoms with E-state index in [1.807, 2.05) is 0 Å². The molecule has 11 atom stereocenters. The highest BCUT2D eigenvalue weighted by Gasteiger charge is 2.47. The summed E-state index contributed by atoms with van der Waals surface area (Å²) in [6.45, 7) is 3.71. The van der Waals surface area contributed by atoms with Crippen molar-refractivity contribution in [2.45, 2.75) is 255 Å². The summed E-state index contributed by atoms with van der Waals surface area (Å²) in [7, 11) is 0. The lowest BCUT2D eigenvalue weighted by Crippen LogP contribution is -2.61.